The minimum absolute atomic E-state index is 0.198. The SMILES string of the molecule is [C-]#[N+]CC1CN(c2nc(OC[C@@H]3CCCN3C)nc3c2CCN(c2ccnc4ccccc24)C3)CCN1C(=O)OC(C)(C)C. The molecule has 2 saturated heterocycles. The van der Waals surface area contributed by atoms with Gasteiger partial charge in [-0.15, -0.1) is 0 Å². The summed E-state index contributed by atoms with van der Waals surface area (Å²) < 4.78 is 12.0. The van der Waals surface area contributed by atoms with E-state index in [1.165, 1.54) is 6.42 Å². The lowest BCUT2D eigenvalue weighted by Crippen LogP contribution is -2.57. The molecule has 232 valence electrons. The Bertz CT molecular complexity index is 1550. The average Bonchev–Trinajstić information content (AvgIpc) is 3.42. The van der Waals surface area contributed by atoms with E-state index in [9.17, 15) is 4.79 Å². The number of para-hydroxylation sites is 1. The lowest BCUT2D eigenvalue weighted by Gasteiger charge is -2.41. The van der Waals surface area contributed by atoms with E-state index < -0.39 is 5.60 Å². The third-order valence-corrected chi connectivity index (χ3v) is 8.78. The maximum atomic E-state index is 13.1. The van der Waals surface area contributed by atoms with Gasteiger partial charge in [-0.3, -0.25) is 9.88 Å². The molecule has 0 aliphatic carbocycles. The average molecular weight is 599 g/mol. The molecule has 0 saturated carbocycles. The van der Waals surface area contributed by atoms with Gasteiger partial charge in [-0.1, -0.05) is 18.2 Å². The third-order valence-electron chi connectivity index (χ3n) is 8.78. The zero-order valence-corrected chi connectivity index (χ0v) is 26.2. The summed E-state index contributed by atoms with van der Waals surface area (Å²) in [4.78, 5) is 39.9. The van der Waals surface area contributed by atoms with Crippen LogP contribution in [0, 0.1) is 6.57 Å². The number of hydrogen-bond donors (Lipinski definition) is 0. The fourth-order valence-electron chi connectivity index (χ4n) is 6.51. The van der Waals surface area contributed by atoms with Gasteiger partial charge >= 0.3 is 12.1 Å². The number of piperazine rings is 1. The predicted molar refractivity (Wildman–Crippen MR) is 170 cm³/mol. The minimum Gasteiger partial charge on any atom is -0.462 e. The van der Waals surface area contributed by atoms with Gasteiger partial charge in [0, 0.05) is 55.1 Å². The summed E-state index contributed by atoms with van der Waals surface area (Å²) in [6.45, 7) is 18.0. The number of nitrogens with zero attached hydrogens (tertiary/aromatic N) is 8. The zero-order chi connectivity index (χ0) is 30.8. The van der Waals surface area contributed by atoms with Crippen LogP contribution in [0.25, 0.3) is 15.7 Å². The maximum Gasteiger partial charge on any atom is 0.410 e. The van der Waals surface area contributed by atoms with Crippen LogP contribution in [0.4, 0.5) is 16.3 Å². The molecule has 5 heterocycles. The second-order valence-electron chi connectivity index (χ2n) is 13.0. The molecule has 2 atom stereocenters. The summed E-state index contributed by atoms with van der Waals surface area (Å²) in [5.41, 5.74) is 3.57. The van der Waals surface area contributed by atoms with E-state index in [0.29, 0.717) is 44.8 Å². The van der Waals surface area contributed by atoms with Crippen LogP contribution in [0.2, 0.25) is 0 Å². The first kappa shape index (κ1) is 29.9. The molecule has 0 N–H and O–H groups in total. The van der Waals surface area contributed by atoms with Gasteiger partial charge in [-0.05, 0) is 65.8 Å². The summed E-state index contributed by atoms with van der Waals surface area (Å²) >= 11 is 0. The molecule has 44 heavy (non-hydrogen) atoms. The van der Waals surface area contributed by atoms with Crippen LogP contribution >= 0.6 is 0 Å². The Balaban J connectivity index is 1.30. The molecule has 0 radical (unpaired) electrons. The first-order chi connectivity index (χ1) is 21.2. The van der Waals surface area contributed by atoms with Crippen molar-refractivity contribution >= 4 is 28.5 Å². The summed E-state index contributed by atoms with van der Waals surface area (Å²) in [6.07, 6.45) is 4.53. The van der Waals surface area contributed by atoms with Gasteiger partial charge in [0.15, 0.2) is 0 Å². The number of anilines is 2. The summed E-state index contributed by atoms with van der Waals surface area (Å²) in [7, 11) is 2.14. The Kier molecular flexibility index (Phi) is 8.45. The Morgan fingerprint density at radius 2 is 1.91 bits per heavy atom. The van der Waals surface area contributed by atoms with E-state index >= 15 is 0 Å². The number of likely N-dealkylation sites (tertiary alicyclic amines) is 1. The highest BCUT2D eigenvalue weighted by molar-refractivity contribution is 5.91. The van der Waals surface area contributed by atoms with E-state index in [4.69, 9.17) is 26.0 Å². The van der Waals surface area contributed by atoms with Gasteiger partial charge in [-0.2, -0.15) is 9.97 Å². The fourth-order valence-corrected chi connectivity index (χ4v) is 6.51. The van der Waals surface area contributed by atoms with Gasteiger partial charge in [-0.25, -0.2) is 11.4 Å². The van der Waals surface area contributed by atoms with Crippen molar-refractivity contribution in [1.82, 2.24) is 24.8 Å². The van der Waals surface area contributed by atoms with Gasteiger partial charge in [0.2, 0.25) is 6.54 Å². The molecule has 3 aliphatic rings. The second-order valence-corrected chi connectivity index (χ2v) is 13.0. The van der Waals surface area contributed by atoms with E-state index in [0.717, 1.165) is 59.6 Å². The number of fused-ring (bicyclic) bond motifs is 2. The molecule has 11 nitrogen and oxygen atoms in total. The van der Waals surface area contributed by atoms with Crippen LogP contribution in [-0.4, -0.2) is 101 Å². The van der Waals surface area contributed by atoms with Crippen molar-refractivity contribution < 1.29 is 14.3 Å². The molecule has 1 unspecified atom stereocenters. The zero-order valence-electron chi connectivity index (χ0n) is 26.2. The highest BCUT2D eigenvalue weighted by atomic mass is 16.6. The first-order valence-electron chi connectivity index (χ1n) is 15.6. The monoisotopic (exact) mass is 598 g/mol. The van der Waals surface area contributed by atoms with Crippen LogP contribution < -0.4 is 14.5 Å². The van der Waals surface area contributed by atoms with Crippen molar-refractivity contribution in [2.45, 2.75) is 64.3 Å². The minimum atomic E-state index is -0.603. The van der Waals surface area contributed by atoms with Crippen LogP contribution in [0.5, 0.6) is 6.01 Å². The lowest BCUT2D eigenvalue weighted by molar-refractivity contribution is 0.0155. The predicted octanol–water partition coefficient (Wildman–Crippen LogP) is 4.41. The normalized spacial score (nSPS) is 20.8. The quantitative estimate of drug-likeness (QED) is 0.383. The second kappa shape index (κ2) is 12.4. The Morgan fingerprint density at radius 1 is 1.07 bits per heavy atom. The number of carbonyl (C=O) groups is 1. The molecule has 2 fully saturated rings. The molecule has 2 aromatic heterocycles. The fraction of sp³-hybridized carbons (Fsp3) is 0.545. The highest BCUT2D eigenvalue weighted by Crippen LogP contribution is 2.34. The van der Waals surface area contributed by atoms with Gasteiger partial charge < -0.3 is 29.0 Å². The van der Waals surface area contributed by atoms with E-state index in [-0.39, 0.29) is 18.7 Å². The number of likely N-dealkylation sites (N-methyl/N-ethyl adjacent to an activating group) is 1. The topological polar surface area (TPSA) is 91.5 Å². The molecule has 0 spiro atoms. The number of ether oxygens (including phenoxy) is 2. The molecular formula is C33H42N8O3. The smallest absolute Gasteiger partial charge is 0.410 e. The lowest BCUT2D eigenvalue weighted by atomic mass is 10.0. The molecular weight excluding hydrogens is 556 g/mol. The number of benzene rings is 1. The number of pyridine rings is 1. The Labute approximate surface area is 259 Å². The molecule has 11 heteroatoms. The van der Waals surface area contributed by atoms with Crippen LogP contribution in [0.15, 0.2) is 36.5 Å². The Morgan fingerprint density at radius 3 is 2.68 bits per heavy atom. The maximum absolute atomic E-state index is 13.1. The number of hydrogen-bond acceptors (Lipinski definition) is 9. The van der Waals surface area contributed by atoms with Crippen molar-refractivity contribution in [3.05, 3.63) is 59.2 Å². The molecule has 1 aromatic carbocycles. The largest absolute Gasteiger partial charge is 0.462 e. The molecule has 3 aromatic rings. The van der Waals surface area contributed by atoms with Gasteiger partial charge in [0.05, 0.1) is 17.8 Å². The number of amides is 1. The first-order valence-corrected chi connectivity index (χ1v) is 15.6. The molecule has 0 bridgehead atoms. The van der Waals surface area contributed by atoms with Crippen molar-refractivity contribution in [3.8, 4) is 6.01 Å². The summed E-state index contributed by atoms with van der Waals surface area (Å²) in [6, 6.07) is 10.7. The number of carbonyl (C=O) groups excluding carboxylic acids is 1. The molecule has 6 rings (SSSR count). The number of aromatic nitrogens is 3. The van der Waals surface area contributed by atoms with Gasteiger partial charge in [0.1, 0.15) is 24.1 Å². The number of rotatable bonds is 6. The van der Waals surface area contributed by atoms with Crippen molar-refractivity contribution in [1.29, 1.82) is 0 Å². The van der Waals surface area contributed by atoms with Gasteiger partial charge in [0.25, 0.3) is 0 Å². The van der Waals surface area contributed by atoms with Crippen molar-refractivity contribution in [3.63, 3.8) is 0 Å². The standard InChI is InChI=1S/C33H42N8O3/c1-33(2,3)44-32(42)41-18-17-40(20-24(41)19-34-4)30-26-13-16-39(29-12-14-35-27-11-7-6-10-25(27)29)21-28(26)36-31(37-30)43-22-23-9-8-15-38(23)5/h6-7,10-12,14,23-24H,8-9,13,15-22H2,1-3,5H3/t23-,24?/m0/s1. The highest BCUT2D eigenvalue weighted by Gasteiger charge is 2.37. The molecule has 1 amide bonds. The van der Waals surface area contributed by atoms with Crippen LogP contribution in [-0.2, 0) is 17.7 Å². The van der Waals surface area contributed by atoms with E-state index in [1.807, 2.05) is 45.2 Å². The van der Waals surface area contributed by atoms with E-state index in [1.54, 1.807) is 4.90 Å². The Hall–Kier alpha value is -4.17. The summed E-state index contributed by atoms with van der Waals surface area (Å²) in [5.74, 6) is 0.850. The van der Waals surface area contributed by atoms with E-state index in [2.05, 4.69) is 43.7 Å². The third kappa shape index (κ3) is 6.36. The summed E-state index contributed by atoms with van der Waals surface area (Å²) in [5, 5.41) is 1.12. The van der Waals surface area contributed by atoms with Crippen molar-refractivity contribution in [2.75, 3.05) is 62.7 Å². The van der Waals surface area contributed by atoms with Crippen LogP contribution in [0.1, 0.15) is 44.9 Å². The van der Waals surface area contributed by atoms with Crippen molar-refractivity contribution in [2.24, 2.45) is 0 Å². The molecule has 3 aliphatic heterocycles. The van der Waals surface area contributed by atoms with Crippen LogP contribution in [0.3, 0.4) is 0 Å².